The van der Waals surface area contributed by atoms with Gasteiger partial charge in [0.25, 0.3) is 10.1 Å². The first-order valence-corrected chi connectivity index (χ1v) is 8.63. The van der Waals surface area contributed by atoms with Gasteiger partial charge in [0.15, 0.2) is 0 Å². The molecular weight excluding hydrogens is 236 g/mol. The first kappa shape index (κ1) is 15.0. The molecule has 3 nitrogen and oxygen atoms in total. The Morgan fingerprint density at radius 1 is 1.00 bits per heavy atom. The standard InChI is InChI=1S/C13H26O3S/c1-2-3-4-5-6-9-12-17(14,15)16-13-10-7-8-11-13/h13H,2-12H2,1H3. The third-order valence-electron chi connectivity index (χ3n) is 3.33. The highest BCUT2D eigenvalue weighted by molar-refractivity contribution is 7.86. The largest absolute Gasteiger partial charge is 0.267 e. The normalized spacial score (nSPS) is 17.7. The smallest absolute Gasteiger partial charge is 0.267 e. The van der Waals surface area contributed by atoms with Crippen LogP contribution in [-0.4, -0.2) is 20.3 Å². The molecular formula is C13H26O3S. The van der Waals surface area contributed by atoms with Gasteiger partial charge in [0.05, 0.1) is 11.9 Å². The zero-order valence-electron chi connectivity index (χ0n) is 11.0. The molecule has 17 heavy (non-hydrogen) atoms. The molecule has 0 amide bonds. The maximum Gasteiger partial charge on any atom is 0.267 e. The summed E-state index contributed by atoms with van der Waals surface area (Å²) < 4.78 is 28.5. The van der Waals surface area contributed by atoms with E-state index in [9.17, 15) is 8.42 Å². The van der Waals surface area contributed by atoms with Gasteiger partial charge in [-0.1, -0.05) is 51.9 Å². The lowest BCUT2D eigenvalue weighted by atomic mass is 10.1. The van der Waals surface area contributed by atoms with Crippen molar-refractivity contribution in [3.05, 3.63) is 0 Å². The van der Waals surface area contributed by atoms with Crippen molar-refractivity contribution in [1.29, 1.82) is 0 Å². The lowest BCUT2D eigenvalue weighted by Crippen LogP contribution is -2.18. The van der Waals surface area contributed by atoms with Crippen LogP contribution in [0.4, 0.5) is 0 Å². The van der Waals surface area contributed by atoms with Gasteiger partial charge in [-0.05, 0) is 19.3 Å². The third kappa shape index (κ3) is 7.04. The Balaban J connectivity index is 2.07. The molecule has 0 atom stereocenters. The van der Waals surface area contributed by atoms with Gasteiger partial charge in [0.2, 0.25) is 0 Å². The molecule has 0 bridgehead atoms. The van der Waals surface area contributed by atoms with E-state index in [0.29, 0.717) is 0 Å². The van der Waals surface area contributed by atoms with Crippen LogP contribution in [0.25, 0.3) is 0 Å². The molecule has 0 aromatic rings. The summed E-state index contributed by atoms with van der Waals surface area (Å²) in [6.45, 7) is 2.18. The van der Waals surface area contributed by atoms with Crippen molar-refractivity contribution < 1.29 is 12.6 Å². The average molecular weight is 262 g/mol. The second-order valence-electron chi connectivity index (χ2n) is 5.03. The number of hydrogen-bond donors (Lipinski definition) is 0. The Morgan fingerprint density at radius 3 is 2.24 bits per heavy atom. The van der Waals surface area contributed by atoms with Crippen LogP contribution < -0.4 is 0 Å². The first-order chi connectivity index (χ1) is 8.14. The highest BCUT2D eigenvalue weighted by Crippen LogP contribution is 2.23. The van der Waals surface area contributed by atoms with E-state index in [2.05, 4.69) is 6.92 Å². The Hall–Kier alpha value is -0.0900. The fraction of sp³-hybridized carbons (Fsp3) is 1.00. The minimum atomic E-state index is -3.26. The number of rotatable bonds is 9. The number of hydrogen-bond acceptors (Lipinski definition) is 3. The highest BCUT2D eigenvalue weighted by atomic mass is 32.2. The molecule has 0 aliphatic heterocycles. The van der Waals surface area contributed by atoms with Gasteiger partial charge < -0.3 is 0 Å². The van der Waals surface area contributed by atoms with E-state index >= 15 is 0 Å². The molecule has 0 radical (unpaired) electrons. The van der Waals surface area contributed by atoms with Crippen LogP contribution in [0, 0.1) is 0 Å². The second-order valence-corrected chi connectivity index (χ2v) is 6.75. The van der Waals surface area contributed by atoms with E-state index in [-0.39, 0.29) is 11.9 Å². The van der Waals surface area contributed by atoms with E-state index in [1.165, 1.54) is 19.3 Å². The van der Waals surface area contributed by atoms with E-state index in [1.807, 2.05) is 0 Å². The Kier molecular flexibility index (Phi) is 7.12. The summed E-state index contributed by atoms with van der Waals surface area (Å²) in [6, 6.07) is 0. The summed E-state index contributed by atoms with van der Waals surface area (Å²) >= 11 is 0. The highest BCUT2D eigenvalue weighted by Gasteiger charge is 2.22. The van der Waals surface area contributed by atoms with Crippen molar-refractivity contribution in [1.82, 2.24) is 0 Å². The predicted octanol–water partition coefficient (Wildman–Crippen LogP) is 3.64. The summed E-state index contributed by atoms with van der Waals surface area (Å²) in [7, 11) is -3.26. The van der Waals surface area contributed by atoms with Crippen LogP contribution in [-0.2, 0) is 14.3 Å². The van der Waals surface area contributed by atoms with Gasteiger partial charge in [-0.25, -0.2) is 0 Å². The van der Waals surface area contributed by atoms with Gasteiger partial charge in [0.1, 0.15) is 0 Å². The molecule has 102 valence electrons. The average Bonchev–Trinajstić information content (AvgIpc) is 2.75. The first-order valence-electron chi connectivity index (χ1n) is 7.05. The van der Waals surface area contributed by atoms with Crippen LogP contribution >= 0.6 is 0 Å². The predicted molar refractivity (Wildman–Crippen MR) is 70.5 cm³/mol. The molecule has 0 spiro atoms. The van der Waals surface area contributed by atoms with Gasteiger partial charge >= 0.3 is 0 Å². The Labute approximate surface area is 106 Å². The molecule has 0 aromatic heterocycles. The fourth-order valence-corrected chi connectivity index (χ4v) is 3.56. The van der Waals surface area contributed by atoms with Crippen LogP contribution in [0.2, 0.25) is 0 Å². The molecule has 1 aliphatic rings. The van der Waals surface area contributed by atoms with Gasteiger partial charge in [-0.2, -0.15) is 8.42 Å². The van der Waals surface area contributed by atoms with Crippen LogP contribution in [0.3, 0.4) is 0 Å². The zero-order valence-corrected chi connectivity index (χ0v) is 11.8. The molecule has 0 aromatic carbocycles. The summed E-state index contributed by atoms with van der Waals surface area (Å²) in [5.41, 5.74) is 0. The van der Waals surface area contributed by atoms with Crippen molar-refractivity contribution in [3.63, 3.8) is 0 Å². The summed E-state index contributed by atoms with van der Waals surface area (Å²) in [4.78, 5) is 0. The molecule has 0 unspecified atom stereocenters. The van der Waals surface area contributed by atoms with Gasteiger partial charge in [-0.3, -0.25) is 4.18 Å². The molecule has 1 fully saturated rings. The lowest BCUT2D eigenvalue weighted by Gasteiger charge is -2.10. The molecule has 0 N–H and O–H groups in total. The molecule has 1 aliphatic carbocycles. The summed E-state index contributed by atoms with van der Waals surface area (Å²) in [6.07, 6.45) is 10.6. The molecule has 1 rings (SSSR count). The van der Waals surface area contributed by atoms with Crippen LogP contribution in [0.15, 0.2) is 0 Å². The van der Waals surface area contributed by atoms with Crippen LogP contribution in [0.5, 0.6) is 0 Å². The Bertz CT molecular complexity index is 279. The van der Waals surface area contributed by atoms with Crippen molar-refractivity contribution in [2.45, 2.75) is 77.2 Å². The monoisotopic (exact) mass is 262 g/mol. The minimum Gasteiger partial charge on any atom is -0.267 e. The van der Waals surface area contributed by atoms with Crippen molar-refractivity contribution in [2.24, 2.45) is 0 Å². The summed E-state index contributed by atoms with van der Waals surface area (Å²) in [5.74, 6) is 0.204. The van der Waals surface area contributed by atoms with Crippen LogP contribution in [0.1, 0.15) is 71.1 Å². The molecule has 0 heterocycles. The van der Waals surface area contributed by atoms with E-state index < -0.39 is 10.1 Å². The zero-order chi connectivity index (χ0) is 12.6. The fourth-order valence-electron chi connectivity index (χ4n) is 2.30. The van der Waals surface area contributed by atoms with Crippen molar-refractivity contribution in [3.8, 4) is 0 Å². The van der Waals surface area contributed by atoms with E-state index in [1.54, 1.807) is 0 Å². The second kappa shape index (κ2) is 8.09. The minimum absolute atomic E-state index is 0.0277. The molecule has 1 saturated carbocycles. The topological polar surface area (TPSA) is 43.4 Å². The van der Waals surface area contributed by atoms with Crippen molar-refractivity contribution in [2.75, 3.05) is 5.75 Å². The van der Waals surface area contributed by atoms with E-state index in [0.717, 1.165) is 44.9 Å². The maximum absolute atomic E-state index is 11.7. The number of unbranched alkanes of at least 4 members (excludes halogenated alkanes) is 5. The quantitative estimate of drug-likeness (QED) is 0.470. The Morgan fingerprint density at radius 2 is 1.59 bits per heavy atom. The molecule has 0 saturated heterocycles. The SMILES string of the molecule is CCCCCCCCS(=O)(=O)OC1CCCC1. The van der Waals surface area contributed by atoms with Crippen molar-refractivity contribution >= 4 is 10.1 Å². The third-order valence-corrected chi connectivity index (χ3v) is 4.69. The lowest BCUT2D eigenvalue weighted by molar-refractivity contribution is 0.217. The molecule has 4 heteroatoms. The maximum atomic E-state index is 11.7. The van der Waals surface area contributed by atoms with Gasteiger partial charge in [-0.15, -0.1) is 0 Å². The van der Waals surface area contributed by atoms with E-state index in [4.69, 9.17) is 4.18 Å². The van der Waals surface area contributed by atoms with Gasteiger partial charge in [0, 0.05) is 0 Å². The summed E-state index contributed by atoms with van der Waals surface area (Å²) in [5, 5.41) is 0.